The molecule has 0 atom stereocenters. The number of primary amides is 1. The minimum Gasteiger partial charge on any atom is -0.451 e. The van der Waals surface area contributed by atoms with Crippen LogP contribution in [0.1, 0.15) is 22.8 Å². The van der Waals surface area contributed by atoms with E-state index in [9.17, 15) is 19.2 Å². The van der Waals surface area contributed by atoms with Gasteiger partial charge in [-0.1, -0.05) is 30.3 Å². The zero-order chi connectivity index (χ0) is 20.5. The predicted molar refractivity (Wildman–Crippen MR) is 103 cm³/mol. The van der Waals surface area contributed by atoms with Crippen molar-refractivity contribution in [3.63, 3.8) is 0 Å². The van der Waals surface area contributed by atoms with E-state index in [0.717, 1.165) is 0 Å². The second-order valence-electron chi connectivity index (χ2n) is 5.72. The fourth-order valence-corrected chi connectivity index (χ4v) is 2.18. The van der Waals surface area contributed by atoms with E-state index >= 15 is 0 Å². The molecule has 2 rings (SSSR count). The van der Waals surface area contributed by atoms with Crippen molar-refractivity contribution in [2.45, 2.75) is 6.92 Å². The molecule has 0 saturated carbocycles. The highest BCUT2D eigenvalue weighted by Gasteiger charge is 2.15. The number of carbonyl (C=O) groups is 4. The first-order chi connectivity index (χ1) is 13.3. The number of ether oxygens (including phenoxy) is 1. The smallest absolute Gasteiger partial charge is 0.355 e. The summed E-state index contributed by atoms with van der Waals surface area (Å²) in [6, 6.07) is 14.8. The van der Waals surface area contributed by atoms with Crippen LogP contribution in [-0.2, 0) is 19.1 Å². The van der Waals surface area contributed by atoms with Crippen LogP contribution >= 0.6 is 0 Å². The van der Waals surface area contributed by atoms with Gasteiger partial charge in [0.2, 0.25) is 11.8 Å². The second-order valence-corrected chi connectivity index (χ2v) is 5.72. The quantitative estimate of drug-likeness (QED) is 0.494. The monoisotopic (exact) mass is 381 g/mol. The van der Waals surface area contributed by atoms with Crippen molar-refractivity contribution in [2.75, 3.05) is 11.9 Å². The molecular formula is C20H19N3O5. The first-order valence-corrected chi connectivity index (χ1v) is 8.26. The summed E-state index contributed by atoms with van der Waals surface area (Å²) in [7, 11) is 0. The van der Waals surface area contributed by atoms with E-state index in [1.54, 1.807) is 24.3 Å². The largest absolute Gasteiger partial charge is 0.451 e. The number of nitrogens with one attached hydrogen (secondary N) is 2. The number of carbonyl (C=O) groups excluding carboxylic acids is 4. The molecule has 0 bridgehead atoms. The highest BCUT2D eigenvalue weighted by atomic mass is 16.5. The lowest BCUT2D eigenvalue weighted by Gasteiger charge is -2.10. The molecule has 2 aromatic rings. The van der Waals surface area contributed by atoms with Gasteiger partial charge >= 0.3 is 5.97 Å². The number of amides is 3. The third-order valence-electron chi connectivity index (χ3n) is 3.43. The summed E-state index contributed by atoms with van der Waals surface area (Å²) < 4.78 is 4.97. The lowest BCUT2D eigenvalue weighted by Crippen LogP contribution is -2.28. The Hall–Kier alpha value is -3.94. The van der Waals surface area contributed by atoms with E-state index in [0.29, 0.717) is 16.8 Å². The lowest BCUT2D eigenvalue weighted by atomic mass is 10.2. The highest BCUT2D eigenvalue weighted by Crippen LogP contribution is 2.10. The zero-order valence-corrected chi connectivity index (χ0v) is 15.1. The molecule has 0 saturated heterocycles. The van der Waals surface area contributed by atoms with Gasteiger partial charge in [0.05, 0.1) is 0 Å². The van der Waals surface area contributed by atoms with Crippen LogP contribution in [0.25, 0.3) is 6.08 Å². The van der Waals surface area contributed by atoms with Crippen LogP contribution in [0.15, 0.2) is 60.3 Å². The van der Waals surface area contributed by atoms with E-state index in [1.165, 1.54) is 37.3 Å². The van der Waals surface area contributed by atoms with Gasteiger partial charge in [0, 0.05) is 18.2 Å². The molecule has 0 heterocycles. The van der Waals surface area contributed by atoms with Gasteiger partial charge in [-0.3, -0.25) is 14.4 Å². The summed E-state index contributed by atoms with van der Waals surface area (Å²) in [5, 5.41) is 4.91. The van der Waals surface area contributed by atoms with Gasteiger partial charge in [-0.05, 0) is 35.9 Å². The molecular weight excluding hydrogens is 362 g/mol. The summed E-state index contributed by atoms with van der Waals surface area (Å²) in [6.07, 6.45) is 1.45. The van der Waals surface area contributed by atoms with Crippen LogP contribution in [-0.4, -0.2) is 30.3 Å². The van der Waals surface area contributed by atoms with Gasteiger partial charge in [0.1, 0.15) is 5.70 Å². The van der Waals surface area contributed by atoms with E-state index in [-0.39, 0.29) is 5.70 Å². The number of anilines is 1. The summed E-state index contributed by atoms with van der Waals surface area (Å²) in [5.74, 6) is -2.46. The molecule has 4 N–H and O–H groups in total. The maximum Gasteiger partial charge on any atom is 0.355 e. The molecule has 0 unspecified atom stereocenters. The molecule has 0 spiro atoms. The average Bonchev–Trinajstić information content (AvgIpc) is 2.66. The third kappa shape index (κ3) is 6.41. The van der Waals surface area contributed by atoms with Gasteiger partial charge in [0.25, 0.3) is 5.91 Å². The normalized spacial score (nSPS) is 10.7. The fraction of sp³-hybridized carbons (Fsp3) is 0.100. The van der Waals surface area contributed by atoms with Crippen LogP contribution < -0.4 is 16.4 Å². The van der Waals surface area contributed by atoms with E-state index in [4.69, 9.17) is 10.5 Å². The standard InChI is InChI=1S/C20H19N3O5/c1-13(24)22-17(11-14-5-3-2-4-6-14)20(27)28-12-18(25)23-16-9-7-15(8-10-16)19(21)26/h2-11H,12H2,1H3,(H2,21,26)(H,22,24)(H,23,25)/b17-11+. The molecule has 28 heavy (non-hydrogen) atoms. The van der Waals surface area contributed by atoms with Gasteiger partial charge in [-0.15, -0.1) is 0 Å². The lowest BCUT2D eigenvalue weighted by molar-refractivity contribution is -0.144. The van der Waals surface area contributed by atoms with Crippen LogP contribution in [0.4, 0.5) is 5.69 Å². The minimum absolute atomic E-state index is 0.0858. The number of hydrogen-bond donors (Lipinski definition) is 3. The van der Waals surface area contributed by atoms with Crippen molar-refractivity contribution in [2.24, 2.45) is 5.73 Å². The van der Waals surface area contributed by atoms with Crippen molar-refractivity contribution in [3.05, 3.63) is 71.4 Å². The number of rotatable bonds is 7. The van der Waals surface area contributed by atoms with E-state index in [2.05, 4.69) is 10.6 Å². The Morgan fingerprint density at radius 3 is 2.21 bits per heavy atom. The molecule has 144 valence electrons. The van der Waals surface area contributed by atoms with Crippen molar-refractivity contribution >= 4 is 35.5 Å². The van der Waals surface area contributed by atoms with Crippen molar-refractivity contribution in [1.82, 2.24) is 5.32 Å². The van der Waals surface area contributed by atoms with Crippen LogP contribution in [0.3, 0.4) is 0 Å². The fourth-order valence-electron chi connectivity index (χ4n) is 2.18. The number of esters is 1. The Bertz CT molecular complexity index is 905. The molecule has 2 aromatic carbocycles. The molecule has 0 aliphatic heterocycles. The molecule has 0 aliphatic carbocycles. The van der Waals surface area contributed by atoms with Crippen molar-refractivity contribution in [1.29, 1.82) is 0 Å². The Kier molecular flexibility index (Phi) is 7.04. The van der Waals surface area contributed by atoms with Crippen molar-refractivity contribution < 1.29 is 23.9 Å². The number of benzene rings is 2. The van der Waals surface area contributed by atoms with Gasteiger partial charge in [-0.25, -0.2) is 4.79 Å². The topological polar surface area (TPSA) is 128 Å². The summed E-state index contributed by atoms with van der Waals surface area (Å²) in [4.78, 5) is 46.5. The van der Waals surface area contributed by atoms with Crippen LogP contribution in [0, 0.1) is 0 Å². The maximum absolute atomic E-state index is 12.2. The van der Waals surface area contributed by atoms with Crippen molar-refractivity contribution in [3.8, 4) is 0 Å². The third-order valence-corrected chi connectivity index (χ3v) is 3.43. The first kappa shape index (κ1) is 20.4. The van der Waals surface area contributed by atoms with E-state index < -0.39 is 30.3 Å². The summed E-state index contributed by atoms with van der Waals surface area (Å²) >= 11 is 0. The first-order valence-electron chi connectivity index (χ1n) is 8.26. The van der Waals surface area contributed by atoms with E-state index in [1.807, 2.05) is 6.07 Å². The number of hydrogen-bond acceptors (Lipinski definition) is 5. The molecule has 0 aromatic heterocycles. The van der Waals surface area contributed by atoms with Gasteiger partial charge in [0.15, 0.2) is 6.61 Å². The molecule has 0 fully saturated rings. The molecule has 8 heteroatoms. The molecule has 0 aliphatic rings. The molecule has 3 amide bonds. The Labute approximate surface area is 161 Å². The predicted octanol–water partition coefficient (Wildman–Crippen LogP) is 1.44. The van der Waals surface area contributed by atoms with Crippen LogP contribution in [0.2, 0.25) is 0 Å². The minimum atomic E-state index is -0.849. The highest BCUT2D eigenvalue weighted by molar-refractivity contribution is 6.00. The second kappa shape index (κ2) is 9.67. The SMILES string of the molecule is CC(=O)N/C(=C/c1ccccc1)C(=O)OCC(=O)Nc1ccc(C(N)=O)cc1. The Morgan fingerprint density at radius 2 is 1.64 bits per heavy atom. The number of nitrogens with two attached hydrogens (primary N) is 1. The summed E-state index contributed by atoms with van der Waals surface area (Å²) in [5.41, 5.74) is 6.45. The average molecular weight is 381 g/mol. The Morgan fingerprint density at radius 1 is 1.00 bits per heavy atom. The zero-order valence-electron chi connectivity index (χ0n) is 15.1. The Balaban J connectivity index is 1.97. The summed E-state index contributed by atoms with van der Waals surface area (Å²) in [6.45, 7) is 0.705. The van der Waals surface area contributed by atoms with Crippen LogP contribution in [0.5, 0.6) is 0 Å². The molecule has 0 radical (unpaired) electrons. The maximum atomic E-state index is 12.2. The van der Waals surface area contributed by atoms with Gasteiger partial charge < -0.3 is 21.1 Å². The molecule has 8 nitrogen and oxygen atoms in total. The van der Waals surface area contributed by atoms with Gasteiger partial charge in [-0.2, -0.15) is 0 Å².